The van der Waals surface area contributed by atoms with Gasteiger partial charge in [0.05, 0.1) is 34.1 Å². The summed E-state index contributed by atoms with van der Waals surface area (Å²) in [6.07, 6.45) is 0.277. The molecule has 0 spiro atoms. The molecule has 0 bridgehead atoms. The smallest absolute Gasteiger partial charge is 0.266 e. The molecule has 1 aromatic heterocycles. The SMILES string of the molecule is N#CCCOc1ccc2[nH]c(=S)n(-c3ccccc3Cl)c(=O)c2c1. The second kappa shape index (κ2) is 6.87. The third-order valence-corrected chi connectivity index (χ3v) is 4.05. The van der Waals surface area contributed by atoms with Crippen LogP contribution in [0.4, 0.5) is 0 Å². The van der Waals surface area contributed by atoms with Crippen LogP contribution in [-0.4, -0.2) is 16.2 Å². The van der Waals surface area contributed by atoms with E-state index in [1.807, 2.05) is 6.07 Å². The highest BCUT2D eigenvalue weighted by atomic mass is 35.5. The van der Waals surface area contributed by atoms with Crippen LogP contribution in [0, 0.1) is 16.1 Å². The fourth-order valence-corrected chi connectivity index (χ4v) is 2.86. The standard InChI is InChI=1S/C17H12ClN3O2S/c18-13-4-1-2-5-15(13)21-16(22)12-10-11(23-9-3-8-19)6-7-14(12)20-17(21)24/h1-2,4-7,10H,3,9H2,(H,20,24). The van der Waals surface area contributed by atoms with Gasteiger partial charge in [-0.05, 0) is 42.5 Å². The summed E-state index contributed by atoms with van der Waals surface area (Å²) in [5.74, 6) is 0.520. The number of ether oxygens (including phenoxy) is 1. The van der Waals surface area contributed by atoms with Crippen LogP contribution in [0.25, 0.3) is 16.6 Å². The Bertz CT molecular complexity index is 1070. The number of aromatic amines is 1. The summed E-state index contributed by atoms with van der Waals surface area (Å²) in [5.41, 5.74) is 0.844. The Labute approximate surface area is 147 Å². The van der Waals surface area contributed by atoms with Crippen molar-refractivity contribution in [2.45, 2.75) is 6.42 Å². The summed E-state index contributed by atoms with van der Waals surface area (Å²) >= 11 is 11.5. The number of benzene rings is 2. The van der Waals surface area contributed by atoms with Crippen molar-refractivity contribution >= 4 is 34.7 Å². The molecule has 1 heterocycles. The largest absolute Gasteiger partial charge is 0.492 e. The Morgan fingerprint density at radius 2 is 2.08 bits per heavy atom. The molecule has 1 N–H and O–H groups in total. The van der Waals surface area contributed by atoms with Crippen LogP contribution in [0.1, 0.15) is 6.42 Å². The van der Waals surface area contributed by atoms with Gasteiger partial charge in [0.2, 0.25) is 0 Å². The van der Waals surface area contributed by atoms with Crippen molar-refractivity contribution in [2.75, 3.05) is 6.61 Å². The van der Waals surface area contributed by atoms with Gasteiger partial charge >= 0.3 is 0 Å². The Balaban J connectivity index is 2.18. The molecule has 0 atom stereocenters. The molecule has 0 fully saturated rings. The van der Waals surface area contributed by atoms with Gasteiger partial charge in [0.1, 0.15) is 12.4 Å². The lowest BCUT2D eigenvalue weighted by molar-refractivity contribution is 0.327. The minimum Gasteiger partial charge on any atom is -0.492 e. The second-order valence-corrected chi connectivity index (χ2v) is 5.78. The summed E-state index contributed by atoms with van der Waals surface area (Å²) in [4.78, 5) is 15.9. The van der Waals surface area contributed by atoms with Crippen LogP contribution in [0.3, 0.4) is 0 Å². The van der Waals surface area contributed by atoms with Crippen molar-refractivity contribution < 1.29 is 4.74 Å². The first-order chi connectivity index (χ1) is 11.6. The van der Waals surface area contributed by atoms with Crippen LogP contribution in [0.2, 0.25) is 5.02 Å². The lowest BCUT2D eigenvalue weighted by atomic mass is 10.2. The Morgan fingerprint density at radius 3 is 2.83 bits per heavy atom. The lowest BCUT2D eigenvalue weighted by Crippen LogP contribution is -2.20. The first-order valence-corrected chi connectivity index (χ1v) is 7.94. The van der Waals surface area contributed by atoms with E-state index in [2.05, 4.69) is 4.98 Å². The molecule has 0 radical (unpaired) electrons. The minimum absolute atomic E-state index is 0.263. The molecular formula is C17H12ClN3O2S. The van der Waals surface area contributed by atoms with Gasteiger partial charge in [0.15, 0.2) is 4.77 Å². The highest BCUT2D eigenvalue weighted by Gasteiger charge is 2.11. The highest BCUT2D eigenvalue weighted by molar-refractivity contribution is 7.71. The maximum atomic E-state index is 12.9. The van der Waals surface area contributed by atoms with E-state index in [1.165, 1.54) is 4.57 Å². The average molecular weight is 358 g/mol. The van der Waals surface area contributed by atoms with E-state index >= 15 is 0 Å². The summed E-state index contributed by atoms with van der Waals surface area (Å²) in [6.45, 7) is 0.267. The van der Waals surface area contributed by atoms with Crippen molar-refractivity contribution in [3.05, 3.63) is 62.6 Å². The summed E-state index contributed by atoms with van der Waals surface area (Å²) in [6, 6.07) is 14.1. The van der Waals surface area contributed by atoms with Gasteiger partial charge in [0.25, 0.3) is 5.56 Å². The molecule has 0 aliphatic rings. The van der Waals surface area contributed by atoms with Crippen molar-refractivity contribution in [3.8, 4) is 17.5 Å². The van der Waals surface area contributed by atoms with Crippen LogP contribution in [0.5, 0.6) is 5.75 Å². The summed E-state index contributed by atoms with van der Waals surface area (Å²) in [7, 11) is 0. The van der Waals surface area contributed by atoms with Gasteiger partial charge < -0.3 is 9.72 Å². The lowest BCUT2D eigenvalue weighted by Gasteiger charge is -2.10. The Hall–Kier alpha value is -2.62. The van der Waals surface area contributed by atoms with Crippen LogP contribution in [0.15, 0.2) is 47.3 Å². The molecular weight excluding hydrogens is 346 g/mol. The van der Waals surface area contributed by atoms with Gasteiger partial charge in [-0.15, -0.1) is 0 Å². The average Bonchev–Trinajstić information content (AvgIpc) is 2.57. The quantitative estimate of drug-likeness (QED) is 0.566. The van der Waals surface area contributed by atoms with E-state index in [1.54, 1.807) is 42.5 Å². The number of nitrogens with one attached hydrogen (secondary N) is 1. The van der Waals surface area contributed by atoms with Crippen molar-refractivity contribution in [1.29, 1.82) is 5.26 Å². The van der Waals surface area contributed by atoms with Crippen LogP contribution >= 0.6 is 23.8 Å². The number of nitrogens with zero attached hydrogens (tertiary/aromatic N) is 2. The highest BCUT2D eigenvalue weighted by Crippen LogP contribution is 2.21. The monoisotopic (exact) mass is 357 g/mol. The van der Waals surface area contributed by atoms with Gasteiger partial charge in [-0.2, -0.15) is 5.26 Å². The number of hydrogen-bond acceptors (Lipinski definition) is 4. The van der Waals surface area contributed by atoms with E-state index in [9.17, 15) is 4.79 Å². The van der Waals surface area contributed by atoms with E-state index in [4.69, 9.17) is 33.8 Å². The molecule has 0 saturated carbocycles. The topological polar surface area (TPSA) is 70.8 Å². The summed E-state index contributed by atoms with van der Waals surface area (Å²) < 4.78 is 7.10. The first-order valence-electron chi connectivity index (χ1n) is 7.15. The zero-order valence-electron chi connectivity index (χ0n) is 12.5. The zero-order valence-corrected chi connectivity index (χ0v) is 14.0. The van der Waals surface area contributed by atoms with Crippen molar-refractivity contribution in [3.63, 3.8) is 0 Å². The van der Waals surface area contributed by atoms with Crippen molar-refractivity contribution in [2.24, 2.45) is 0 Å². The number of hydrogen-bond donors (Lipinski definition) is 1. The third kappa shape index (κ3) is 3.04. The van der Waals surface area contributed by atoms with Crippen molar-refractivity contribution in [1.82, 2.24) is 9.55 Å². The third-order valence-electron chi connectivity index (χ3n) is 3.45. The van der Waals surface area contributed by atoms with Crippen LogP contribution in [-0.2, 0) is 0 Å². The summed E-state index contributed by atoms with van der Waals surface area (Å²) in [5, 5.41) is 9.43. The first kappa shape index (κ1) is 16.2. The van der Waals surface area contributed by atoms with Crippen LogP contribution < -0.4 is 10.3 Å². The van der Waals surface area contributed by atoms with Gasteiger partial charge in [-0.3, -0.25) is 9.36 Å². The zero-order chi connectivity index (χ0) is 17.1. The molecule has 3 rings (SSSR count). The fourth-order valence-electron chi connectivity index (χ4n) is 2.35. The minimum atomic E-state index is -0.285. The Morgan fingerprint density at radius 1 is 1.29 bits per heavy atom. The van der Waals surface area contributed by atoms with E-state index in [-0.39, 0.29) is 23.4 Å². The number of halogens is 1. The molecule has 0 aliphatic carbocycles. The van der Waals surface area contributed by atoms with E-state index in [0.717, 1.165) is 0 Å². The maximum Gasteiger partial charge on any atom is 0.266 e. The number of fused-ring (bicyclic) bond motifs is 1. The number of aromatic nitrogens is 2. The second-order valence-electron chi connectivity index (χ2n) is 4.99. The van der Waals surface area contributed by atoms with Gasteiger partial charge in [0, 0.05) is 0 Å². The Kier molecular flexibility index (Phi) is 4.65. The molecule has 2 aromatic carbocycles. The normalized spacial score (nSPS) is 10.5. The molecule has 120 valence electrons. The van der Waals surface area contributed by atoms with Gasteiger partial charge in [-0.1, -0.05) is 23.7 Å². The molecule has 0 amide bonds. The fraction of sp³-hybridized carbons (Fsp3) is 0.118. The number of H-pyrrole nitrogens is 1. The molecule has 0 aliphatic heterocycles. The van der Waals surface area contributed by atoms with Gasteiger partial charge in [-0.25, -0.2) is 0 Å². The van der Waals surface area contributed by atoms with E-state index < -0.39 is 0 Å². The van der Waals surface area contributed by atoms with E-state index in [0.29, 0.717) is 27.4 Å². The molecule has 24 heavy (non-hydrogen) atoms. The number of nitriles is 1. The predicted molar refractivity (Wildman–Crippen MR) is 95.5 cm³/mol. The molecule has 3 aromatic rings. The molecule has 0 unspecified atom stereocenters. The molecule has 5 nitrogen and oxygen atoms in total. The maximum absolute atomic E-state index is 12.9. The number of rotatable bonds is 4. The molecule has 7 heteroatoms. The predicted octanol–water partition coefficient (Wildman–Crippen LogP) is 3.99. The molecule has 0 saturated heterocycles. The number of para-hydroxylation sites is 1.